The number of esters is 2. The summed E-state index contributed by atoms with van der Waals surface area (Å²) in [5, 5.41) is 23.3. The van der Waals surface area contributed by atoms with E-state index in [4.69, 9.17) is 28.9 Å². The van der Waals surface area contributed by atoms with Crippen molar-refractivity contribution in [1.82, 2.24) is 14.5 Å². The number of carbonyl (C=O) groups is 2. The van der Waals surface area contributed by atoms with Crippen LogP contribution in [0.15, 0.2) is 47.5 Å². The van der Waals surface area contributed by atoms with Crippen molar-refractivity contribution >= 4 is 78.8 Å². The number of anilines is 2. The molecule has 282 valence electrons. The number of rotatable bonds is 11. The summed E-state index contributed by atoms with van der Waals surface area (Å²) in [6, 6.07) is 16.4. The number of fused-ring (bicyclic) bond motifs is 3. The van der Waals surface area contributed by atoms with Crippen molar-refractivity contribution in [2.24, 2.45) is 0 Å². The van der Waals surface area contributed by atoms with Gasteiger partial charge in [-0.25, -0.2) is 19.6 Å². The quantitative estimate of drug-likeness (QED) is 0.0799. The first-order valence-corrected chi connectivity index (χ1v) is 19.8. The highest BCUT2D eigenvalue weighted by Crippen LogP contribution is 2.41. The molecule has 2 saturated heterocycles. The van der Waals surface area contributed by atoms with Gasteiger partial charge in [-0.1, -0.05) is 34.8 Å². The summed E-state index contributed by atoms with van der Waals surface area (Å²) in [6.07, 6.45) is 3.14. The van der Waals surface area contributed by atoms with E-state index in [0.717, 1.165) is 49.7 Å². The molecule has 7 rings (SSSR count). The zero-order chi connectivity index (χ0) is 38.5. The number of benzene rings is 2. The van der Waals surface area contributed by atoms with Gasteiger partial charge in [0.15, 0.2) is 10.3 Å². The number of aromatic nitrogens is 3. The molecule has 55 heavy (non-hydrogen) atoms. The first kappa shape index (κ1) is 37.7. The Morgan fingerprint density at radius 3 is 1.51 bits per heavy atom. The second-order valence-electron chi connectivity index (χ2n) is 12.6. The van der Waals surface area contributed by atoms with Gasteiger partial charge in [-0.05, 0) is 57.2 Å². The molecule has 2 aliphatic heterocycles. The Hall–Kier alpha value is -5.58. The van der Waals surface area contributed by atoms with Crippen LogP contribution in [-0.4, -0.2) is 92.3 Å². The summed E-state index contributed by atoms with van der Waals surface area (Å²) in [5.41, 5.74) is 4.84. The van der Waals surface area contributed by atoms with E-state index in [1.54, 1.807) is 26.0 Å². The van der Waals surface area contributed by atoms with Crippen LogP contribution in [-0.2, 0) is 35.1 Å². The zero-order valence-corrected chi connectivity index (χ0v) is 32.4. The van der Waals surface area contributed by atoms with Gasteiger partial charge in [-0.3, -0.25) is 0 Å². The van der Waals surface area contributed by atoms with Crippen molar-refractivity contribution in [1.29, 1.82) is 10.5 Å². The lowest BCUT2D eigenvalue weighted by molar-refractivity contribution is -0.138. The number of morpholine rings is 2. The number of thiazole rings is 2. The van der Waals surface area contributed by atoms with Gasteiger partial charge in [-0.2, -0.15) is 10.5 Å². The minimum atomic E-state index is -0.677. The van der Waals surface area contributed by atoms with Gasteiger partial charge in [0.2, 0.25) is 0 Å². The SMILES string of the molecule is CCOC(=O)/C(C#N)=C\c1sc(N2CCOCC2)nc1-c1ccc2c(c1)c1cc(-c3nc(N4CCOCC4)sc3/C=C(\C#N)C(=O)OCC)ccc1n2CC. The molecule has 15 heteroatoms. The Kier molecular flexibility index (Phi) is 11.5. The fraction of sp³-hybridized carbons (Fsp3) is 0.350. The molecule has 0 aliphatic carbocycles. The van der Waals surface area contributed by atoms with Crippen molar-refractivity contribution in [3.8, 4) is 34.7 Å². The molecule has 0 radical (unpaired) electrons. The van der Waals surface area contributed by atoms with Crippen molar-refractivity contribution in [2.45, 2.75) is 27.3 Å². The summed E-state index contributed by atoms with van der Waals surface area (Å²) in [7, 11) is 0. The molecule has 0 saturated carbocycles. The molecule has 2 aromatic carbocycles. The van der Waals surface area contributed by atoms with Gasteiger partial charge >= 0.3 is 11.9 Å². The summed E-state index contributed by atoms with van der Waals surface area (Å²) < 4.78 is 23.7. The summed E-state index contributed by atoms with van der Waals surface area (Å²) in [5.74, 6) is -1.35. The molecular formula is C40H39N7O6S2. The highest BCUT2D eigenvalue weighted by molar-refractivity contribution is 7.17. The van der Waals surface area contributed by atoms with Crippen LogP contribution in [0.4, 0.5) is 10.3 Å². The number of nitriles is 2. The highest BCUT2D eigenvalue weighted by Gasteiger charge is 2.24. The van der Waals surface area contributed by atoms with Crippen LogP contribution in [0.5, 0.6) is 0 Å². The number of nitrogens with zero attached hydrogens (tertiary/aromatic N) is 7. The third kappa shape index (κ3) is 7.70. The topological polar surface area (TPSA) is 156 Å². The maximum atomic E-state index is 12.7. The van der Waals surface area contributed by atoms with Crippen LogP contribution in [0.1, 0.15) is 30.5 Å². The molecule has 0 bridgehead atoms. The number of carbonyl (C=O) groups excluding carboxylic acids is 2. The molecule has 0 atom stereocenters. The molecule has 2 aliphatic rings. The van der Waals surface area contributed by atoms with Crippen LogP contribution in [0.3, 0.4) is 0 Å². The Morgan fingerprint density at radius 2 is 1.15 bits per heavy atom. The molecule has 3 aromatic heterocycles. The molecule has 5 aromatic rings. The molecule has 0 unspecified atom stereocenters. The largest absolute Gasteiger partial charge is 0.462 e. The third-order valence-electron chi connectivity index (χ3n) is 9.36. The Bertz CT molecular complexity index is 2240. The lowest BCUT2D eigenvalue weighted by Crippen LogP contribution is -2.36. The molecular weight excluding hydrogens is 739 g/mol. The Labute approximate surface area is 326 Å². The molecule has 2 fully saturated rings. The average Bonchev–Trinajstić information content (AvgIpc) is 3.93. The second-order valence-corrected chi connectivity index (χ2v) is 14.6. The van der Waals surface area contributed by atoms with E-state index in [9.17, 15) is 20.1 Å². The standard InChI is InChI=1S/C40H39N7O6S2/c1-4-47-31-9-7-25(35-33(21-27(23-41)37(48)52-5-2)54-39(43-35)45-11-15-50-16-12-45)19-29(31)30-20-26(8-10-32(30)47)36-34(22-28(24-42)38(49)53-6-3)55-40(44-36)46-13-17-51-18-14-46/h7-10,19-22H,4-6,11-18H2,1-3H3/b27-21-,28-22+. The van der Waals surface area contributed by atoms with Gasteiger partial charge in [0, 0.05) is 65.7 Å². The molecule has 13 nitrogen and oxygen atoms in total. The lowest BCUT2D eigenvalue weighted by atomic mass is 10.0. The average molecular weight is 778 g/mol. The minimum absolute atomic E-state index is 0.0966. The zero-order valence-electron chi connectivity index (χ0n) is 30.8. The fourth-order valence-corrected chi connectivity index (χ4v) is 8.89. The van der Waals surface area contributed by atoms with Gasteiger partial charge in [0.25, 0.3) is 0 Å². The van der Waals surface area contributed by atoms with E-state index < -0.39 is 11.9 Å². The van der Waals surface area contributed by atoms with Crippen LogP contribution >= 0.6 is 22.7 Å². The van der Waals surface area contributed by atoms with Gasteiger partial charge < -0.3 is 33.3 Å². The molecule has 0 amide bonds. The van der Waals surface area contributed by atoms with Crippen LogP contribution < -0.4 is 9.80 Å². The molecule has 0 spiro atoms. The summed E-state index contributed by atoms with van der Waals surface area (Å²) in [4.78, 5) is 41.2. The summed E-state index contributed by atoms with van der Waals surface area (Å²) >= 11 is 2.85. The number of ether oxygens (including phenoxy) is 4. The number of hydrogen-bond donors (Lipinski definition) is 0. The monoisotopic (exact) mass is 777 g/mol. The highest BCUT2D eigenvalue weighted by atomic mass is 32.1. The maximum absolute atomic E-state index is 12.7. The first-order valence-electron chi connectivity index (χ1n) is 18.2. The second kappa shape index (κ2) is 16.8. The van der Waals surface area contributed by atoms with E-state index in [2.05, 4.69) is 45.6 Å². The minimum Gasteiger partial charge on any atom is -0.462 e. The predicted molar refractivity (Wildman–Crippen MR) is 214 cm³/mol. The molecule has 0 N–H and O–H groups in total. The predicted octanol–water partition coefficient (Wildman–Crippen LogP) is 6.67. The summed E-state index contributed by atoms with van der Waals surface area (Å²) in [6.45, 7) is 11.6. The van der Waals surface area contributed by atoms with Crippen LogP contribution in [0, 0.1) is 22.7 Å². The van der Waals surface area contributed by atoms with Crippen LogP contribution in [0.2, 0.25) is 0 Å². The van der Waals surface area contributed by atoms with Crippen molar-refractivity contribution in [3.05, 3.63) is 57.3 Å². The van der Waals surface area contributed by atoms with Crippen LogP contribution in [0.25, 0.3) is 56.5 Å². The Morgan fingerprint density at radius 1 is 0.727 bits per heavy atom. The van der Waals surface area contributed by atoms with E-state index in [-0.39, 0.29) is 24.4 Å². The van der Waals surface area contributed by atoms with Gasteiger partial charge in [-0.15, -0.1) is 0 Å². The maximum Gasteiger partial charge on any atom is 0.348 e. The van der Waals surface area contributed by atoms with E-state index in [1.165, 1.54) is 22.7 Å². The third-order valence-corrected chi connectivity index (χ3v) is 11.5. The Balaban J connectivity index is 1.38. The normalized spacial score (nSPS) is 15.3. The van der Waals surface area contributed by atoms with E-state index >= 15 is 0 Å². The fourth-order valence-electron chi connectivity index (χ4n) is 6.72. The lowest BCUT2D eigenvalue weighted by Gasteiger charge is -2.26. The van der Waals surface area contributed by atoms with E-state index in [0.29, 0.717) is 73.7 Å². The van der Waals surface area contributed by atoms with E-state index in [1.807, 2.05) is 24.3 Å². The van der Waals surface area contributed by atoms with Crippen molar-refractivity contribution < 1.29 is 28.5 Å². The first-order chi connectivity index (χ1) is 26.9. The molecule has 5 heterocycles. The number of hydrogen-bond acceptors (Lipinski definition) is 14. The van der Waals surface area contributed by atoms with Gasteiger partial charge in [0.1, 0.15) is 23.3 Å². The number of aryl methyl sites for hydroxylation is 1. The van der Waals surface area contributed by atoms with Gasteiger partial charge in [0.05, 0.1) is 60.8 Å². The van der Waals surface area contributed by atoms with Crippen molar-refractivity contribution in [3.63, 3.8) is 0 Å². The van der Waals surface area contributed by atoms with Crippen molar-refractivity contribution in [2.75, 3.05) is 75.6 Å². The smallest absolute Gasteiger partial charge is 0.348 e.